The molecule has 1 atom stereocenters. The molecule has 0 saturated carbocycles. The van der Waals surface area contributed by atoms with Crippen LogP contribution < -0.4 is 0 Å². The van der Waals surface area contributed by atoms with Gasteiger partial charge in [-0.2, -0.15) is 0 Å². The minimum atomic E-state index is -3.13. The first-order chi connectivity index (χ1) is 14.8. The number of amides is 1. The van der Waals surface area contributed by atoms with Crippen LogP contribution >= 0.6 is 0 Å². The molecule has 1 unspecified atom stereocenters. The smallest absolute Gasteiger partial charge is 0.318 e. The van der Waals surface area contributed by atoms with Crippen molar-refractivity contribution in [3.05, 3.63) is 71.8 Å². The van der Waals surface area contributed by atoms with E-state index in [1.165, 1.54) is 0 Å². The Hall–Kier alpha value is -2.67. The Labute approximate surface area is 184 Å². The molecule has 2 aromatic rings. The molecule has 0 N–H and O–H groups in total. The molecule has 1 fully saturated rings. The molecular formula is C24H29NO5S. The topological polar surface area (TPSA) is 80.8 Å². The fourth-order valence-electron chi connectivity index (χ4n) is 3.92. The molecular weight excluding hydrogens is 414 g/mol. The highest BCUT2D eigenvalue weighted by Gasteiger charge is 2.35. The van der Waals surface area contributed by atoms with Crippen LogP contribution in [0, 0.1) is 5.92 Å². The lowest BCUT2D eigenvalue weighted by atomic mass is 9.91. The minimum absolute atomic E-state index is 0.0317. The van der Waals surface area contributed by atoms with Gasteiger partial charge in [-0.3, -0.25) is 9.59 Å². The Bertz CT molecular complexity index is 950. The summed E-state index contributed by atoms with van der Waals surface area (Å²) in [4.78, 5) is 27.5. The monoisotopic (exact) mass is 443 g/mol. The van der Waals surface area contributed by atoms with E-state index in [0.29, 0.717) is 13.0 Å². The van der Waals surface area contributed by atoms with Gasteiger partial charge in [-0.15, -0.1) is 0 Å². The summed E-state index contributed by atoms with van der Waals surface area (Å²) in [6, 6.07) is 18.2. The highest BCUT2D eigenvalue weighted by atomic mass is 32.2. The molecule has 1 aliphatic heterocycles. The number of carbonyl (C=O) groups excluding carboxylic acids is 2. The second-order valence-electron chi connectivity index (χ2n) is 8.36. The van der Waals surface area contributed by atoms with Crippen molar-refractivity contribution in [2.24, 2.45) is 5.92 Å². The highest BCUT2D eigenvalue weighted by molar-refractivity contribution is 7.91. The zero-order chi connectivity index (χ0) is 22.4. The largest absolute Gasteiger partial charge is 0.455 e. The summed E-state index contributed by atoms with van der Waals surface area (Å²) in [5.41, 5.74) is 1.57. The van der Waals surface area contributed by atoms with E-state index in [4.69, 9.17) is 4.74 Å². The zero-order valence-corrected chi connectivity index (χ0v) is 18.8. The third-order valence-corrected chi connectivity index (χ3v) is 7.12. The fraction of sp³-hybridized carbons (Fsp3) is 0.417. The van der Waals surface area contributed by atoms with Crippen molar-refractivity contribution in [3.8, 4) is 0 Å². The molecule has 0 bridgehead atoms. The number of esters is 1. The van der Waals surface area contributed by atoms with E-state index < -0.39 is 28.3 Å². The maximum atomic E-state index is 13.0. The van der Waals surface area contributed by atoms with E-state index in [1.54, 1.807) is 4.90 Å². The van der Waals surface area contributed by atoms with Crippen LogP contribution in [0.1, 0.15) is 37.3 Å². The van der Waals surface area contributed by atoms with E-state index in [-0.39, 0.29) is 29.4 Å². The lowest BCUT2D eigenvalue weighted by Crippen LogP contribution is -2.45. The third kappa shape index (κ3) is 6.17. The summed E-state index contributed by atoms with van der Waals surface area (Å²) in [7, 11) is -3.13. The average Bonchev–Trinajstić information content (AvgIpc) is 3.11. The van der Waals surface area contributed by atoms with Gasteiger partial charge in [-0.25, -0.2) is 8.42 Å². The maximum absolute atomic E-state index is 13.0. The Kier molecular flexibility index (Phi) is 7.49. The van der Waals surface area contributed by atoms with E-state index in [1.807, 2.05) is 74.5 Å². The van der Waals surface area contributed by atoms with Crippen LogP contribution in [0.25, 0.3) is 0 Å². The van der Waals surface area contributed by atoms with Crippen molar-refractivity contribution >= 4 is 21.7 Å². The molecule has 6 nitrogen and oxygen atoms in total. The maximum Gasteiger partial charge on any atom is 0.318 e. The molecule has 1 heterocycles. The van der Waals surface area contributed by atoms with Crippen LogP contribution in [0.3, 0.4) is 0 Å². The number of benzene rings is 2. The Morgan fingerprint density at radius 2 is 1.55 bits per heavy atom. The number of ether oxygens (including phenoxy) is 1. The molecule has 2 aromatic carbocycles. The summed E-state index contributed by atoms with van der Waals surface area (Å²) in [6.45, 7) is 3.96. The van der Waals surface area contributed by atoms with Gasteiger partial charge in [0.1, 0.15) is 5.92 Å². The number of hydrogen-bond donors (Lipinski definition) is 0. The zero-order valence-electron chi connectivity index (χ0n) is 17.9. The van der Waals surface area contributed by atoms with Gasteiger partial charge in [0, 0.05) is 12.6 Å². The molecule has 0 aromatic heterocycles. The van der Waals surface area contributed by atoms with Gasteiger partial charge < -0.3 is 9.64 Å². The molecule has 1 saturated heterocycles. The van der Waals surface area contributed by atoms with Crippen LogP contribution in [-0.2, 0) is 24.2 Å². The molecule has 7 heteroatoms. The number of nitrogens with zero attached hydrogens (tertiary/aromatic N) is 1. The molecule has 3 rings (SSSR count). The second-order valence-corrected chi connectivity index (χ2v) is 10.6. The third-order valence-electron chi connectivity index (χ3n) is 5.37. The van der Waals surface area contributed by atoms with Crippen LogP contribution in [0.4, 0.5) is 0 Å². The predicted molar refractivity (Wildman–Crippen MR) is 119 cm³/mol. The van der Waals surface area contributed by atoms with Gasteiger partial charge in [-0.05, 0) is 23.5 Å². The van der Waals surface area contributed by atoms with Gasteiger partial charge in [0.15, 0.2) is 16.4 Å². The molecule has 0 radical (unpaired) electrons. The number of rotatable bonds is 8. The first kappa shape index (κ1) is 23.0. The highest BCUT2D eigenvalue weighted by Crippen LogP contribution is 2.26. The molecule has 1 aliphatic rings. The lowest BCUT2D eigenvalue weighted by Gasteiger charge is -2.30. The van der Waals surface area contributed by atoms with E-state index >= 15 is 0 Å². The van der Waals surface area contributed by atoms with Crippen LogP contribution in [0.15, 0.2) is 60.7 Å². The Morgan fingerprint density at radius 3 is 2.00 bits per heavy atom. The van der Waals surface area contributed by atoms with E-state index in [9.17, 15) is 18.0 Å². The van der Waals surface area contributed by atoms with Gasteiger partial charge in [0.05, 0.1) is 11.5 Å². The quantitative estimate of drug-likeness (QED) is 0.586. The van der Waals surface area contributed by atoms with Gasteiger partial charge in [0.2, 0.25) is 0 Å². The molecule has 31 heavy (non-hydrogen) atoms. The first-order valence-corrected chi connectivity index (χ1v) is 12.4. The molecule has 166 valence electrons. The predicted octanol–water partition coefficient (Wildman–Crippen LogP) is 3.03. The molecule has 1 amide bonds. The minimum Gasteiger partial charge on any atom is -0.455 e. The van der Waals surface area contributed by atoms with Gasteiger partial charge in [0.25, 0.3) is 5.91 Å². The van der Waals surface area contributed by atoms with Gasteiger partial charge >= 0.3 is 5.97 Å². The van der Waals surface area contributed by atoms with Crippen LogP contribution in [0.2, 0.25) is 0 Å². The van der Waals surface area contributed by atoms with Crippen molar-refractivity contribution in [1.82, 2.24) is 4.90 Å². The van der Waals surface area contributed by atoms with Crippen molar-refractivity contribution in [1.29, 1.82) is 0 Å². The van der Waals surface area contributed by atoms with Crippen molar-refractivity contribution < 1.29 is 22.7 Å². The van der Waals surface area contributed by atoms with Crippen molar-refractivity contribution in [2.75, 3.05) is 24.7 Å². The van der Waals surface area contributed by atoms with Crippen molar-refractivity contribution in [3.63, 3.8) is 0 Å². The standard InChI is InChI=1S/C24H29NO5S/c1-18(2)15-25(21-13-14-31(28,29)17-21)22(26)16-30-24(27)23(19-9-5-3-6-10-19)20-11-7-4-8-12-20/h3-12,18,21,23H,13-17H2,1-2H3. The number of sulfone groups is 1. The number of carbonyl (C=O) groups is 2. The summed E-state index contributed by atoms with van der Waals surface area (Å²) in [5, 5.41) is 0. The van der Waals surface area contributed by atoms with Gasteiger partial charge in [-0.1, -0.05) is 74.5 Å². The van der Waals surface area contributed by atoms with Crippen LogP contribution in [0.5, 0.6) is 0 Å². The summed E-state index contributed by atoms with van der Waals surface area (Å²) in [6.07, 6.45) is 0.422. The SMILES string of the molecule is CC(C)CN(C(=O)COC(=O)C(c1ccccc1)c1ccccc1)C1CCS(=O)(=O)C1. The average molecular weight is 444 g/mol. The fourth-order valence-corrected chi connectivity index (χ4v) is 5.65. The molecule has 0 aliphatic carbocycles. The van der Waals surface area contributed by atoms with Crippen LogP contribution in [-0.4, -0.2) is 55.9 Å². The Morgan fingerprint density at radius 1 is 1.00 bits per heavy atom. The number of hydrogen-bond acceptors (Lipinski definition) is 5. The summed E-state index contributed by atoms with van der Waals surface area (Å²) >= 11 is 0. The summed E-state index contributed by atoms with van der Waals surface area (Å²) < 4.78 is 29.3. The second kappa shape index (κ2) is 10.1. The van der Waals surface area contributed by atoms with Crippen molar-refractivity contribution in [2.45, 2.75) is 32.2 Å². The normalized spacial score (nSPS) is 17.6. The van der Waals surface area contributed by atoms with E-state index in [2.05, 4.69) is 0 Å². The Balaban J connectivity index is 1.73. The molecule has 0 spiro atoms. The van der Waals surface area contributed by atoms with E-state index in [0.717, 1.165) is 11.1 Å². The summed E-state index contributed by atoms with van der Waals surface area (Å²) in [5.74, 6) is -1.28. The lowest BCUT2D eigenvalue weighted by molar-refractivity contribution is -0.153. The first-order valence-electron chi connectivity index (χ1n) is 10.5.